The van der Waals surface area contributed by atoms with Crippen LogP contribution in [0.3, 0.4) is 0 Å². The Morgan fingerprint density at radius 1 is 1.19 bits per heavy atom. The molecule has 5 nitrogen and oxygen atoms in total. The second kappa shape index (κ2) is 8.95. The fourth-order valence-corrected chi connectivity index (χ4v) is 2.74. The number of aromatic nitrogens is 2. The zero-order valence-corrected chi connectivity index (χ0v) is 13.2. The first-order valence-electron chi connectivity index (χ1n) is 8.02. The monoisotopic (exact) mass is 293 g/mol. The zero-order valence-electron chi connectivity index (χ0n) is 13.2. The quantitative estimate of drug-likeness (QED) is 0.710. The summed E-state index contributed by atoms with van der Waals surface area (Å²) in [6, 6.07) is 2.12. The first kappa shape index (κ1) is 16.2. The number of nitrogens with zero attached hydrogens (tertiary/aromatic N) is 2. The summed E-state index contributed by atoms with van der Waals surface area (Å²) in [4.78, 5) is 9.33. The van der Waals surface area contributed by atoms with Gasteiger partial charge in [-0.3, -0.25) is 0 Å². The highest BCUT2D eigenvalue weighted by atomic mass is 16.5. The third-order valence-corrected chi connectivity index (χ3v) is 3.83. The highest BCUT2D eigenvalue weighted by Gasteiger charge is 2.19. The second-order valence-corrected chi connectivity index (χ2v) is 5.46. The van der Waals surface area contributed by atoms with E-state index in [1.54, 1.807) is 7.11 Å². The molecule has 0 bridgehead atoms. The molecule has 0 radical (unpaired) electrons. The third kappa shape index (κ3) is 5.25. The standard InChI is InChI=1S/C16H27N3O2/c1-3-17-16-12-14(13-6-4-5-7-13)18-15(19-16)8-9-21-11-10-20-2/h12-13H,3-11H2,1-2H3,(H,17,18,19). The van der Waals surface area contributed by atoms with Gasteiger partial charge in [0.2, 0.25) is 0 Å². The van der Waals surface area contributed by atoms with E-state index in [4.69, 9.17) is 14.5 Å². The van der Waals surface area contributed by atoms with Gasteiger partial charge in [0, 0.05) is 37.8 Å². The van der Waals surface area contributed by atoms with Gasteiger partial charge in [-0.1, -0.05) is 12.8 Å². The predicted octanol–water partition coefficient (Wildman–Crippen LogP) is 2.77. The van der Waals surface area contributed by atoms with E-state index in [0.717, 1.165) is 24.6 Å². The smallest absolute Gasteiger partial charge is 0.133 e. The lowest BCUT2D eigenvalue weighted by molar-refractivity contribution is 0.0716. The van der Waals surface area contributed by atoms with E-state index in [1.165, 1.54) is 31.4 Å². The maximum Gasteiger partial charge on any atom is 0.133 e. The Hall–Kier alpha value is -1.20. The van der Waals surface area contributed by atoms with Crippen LogP contribution < -0.4 is 5.32 Å². The van der Waals surface area contributed by atoms with Crippen molar-refractivity contribution in [3.8, 4) is 0 Å². The fourth-order valence-electron chi connectivity index (χ4n) is 2.74. The summed E-state index contributed by atoms with van der Waals surface area (Å²) in [5.41, 5.74) is 1.20. The molecule has 1 N–H and O–H groups in total. The number of hydrogen-bond donors (Lipinski definition) is 1. The third-order valence-electron chi connectivity index (χ3n) is 3.83. The summed E-state index contributed by atoms with van der Waals surface area (Å²) in [6.45, 7) is 4.86. The first-order chi connectivity index (χ1) is 10.3. The molecule has 0 aliphatic heterocycles. The molecule has 1 aromatic heterocycles. The van der Waals surface area contributed by atoms with Crippen LogP contribution in [0.25, 0.3) is 0 Å². The SMILES string of the molecule is CCNc1cc(C2CCCC2)nc(CCOCCOC)n1. The van der Waals surface area contributed by atoms with E-state index in [1.807, 2.05) is 0 Å². The number of anilines is 1. The molecular formula is C16H27N3O2. The second-order valence-electron chi connectivity index (χ2n) is 5.46. The Morgan fingerprint density at radius 2 is 2.00 bits per heavy atom. The van der Waals surface area contributed by atoms with Crippen molar-refractivity contribution in [2.45, 2.75) is 44.9 Å². The molecule has 1 aliphatic rings. The van der Waals surface area contributed by atoms with Crippen LogP contribution in [-0.2, 0) is 15.9 Å². The lowest BCUT2D eigenvalue weighted by Gasteiger charge is -2.13. The average Bonchev–Trinajstić information content (AvgIpc) is 3.01. The van der Waals surface area contributed by atoms with Crippen molar-refractivity contribution < 1.29 is 9.47 Å². The van der Waals surface area contributed by atoms with Crippen LogP contribution >= 0.6 is 0 Å². The number of nitrogens with one attached hydrogen (secondary N) is 1. The van der Waals surface area contributed by atoms with Crippen molar-refractivity contribution in [3.63, 3.8) is 0 Å². The van der Waals surface area contributed by atoms with Crippen LogP contribution in [0.4, 0.5) is 5.82 Å². The zero-order chi connectivity index (χ0) is 14.9. The number of methoxy groups -OCH3 is 1. The number of ether oxygens (including phenoxy) is 2. The fraction of sp³-hybridized carbons (Fsp3) is 0.750. The van der Waals surface area contributed by atoms with E-state index < -0.39 is 0 Å². The molecular weight excluding hydrogens is 266 g/mol. The molecule has 0 saturated heterocycles. The largest absolute Gasteiger partial charge is 0.382 e. The molecule has 2 rings (SSSR count). The summed E-state index contributed by atoms with van der Waals surface area (Å²) in [5, 5.41) is 3.31. The van der Waals surface area contributed by atoms with Crippen molar-refractivity contribution >= 4 is 5.82 Å². The van der Waals surface area contributed by atoms with Crippen LogP contribution in [0.15, 0.2) is 6.07 Å². The van der Waals surface area contributed by atoms with Gasteiger partial charge in [0.15, 0.2) is 0 Å². The minimum absolute atomic E-state index is 0.610. The van der Waals surface area contributed by atoms with Gasteiger partial charge in [0.1, 0.15) is 11.6 Å². The van der Waals surface area contributed by atoms with Gasteiger partial charge >= 0.3 is 0 Å². The number of hydrogen-bond acceptors (Lipinski definition) is 5. The molecule has 1 aromatic rings. The molecule has 21 heavy (non-hydrogen) atoms. The van der Waals surface area contributed by atoms with Crippen molar-refractivity contribution in [2.24, 2.45) is 0 Å². The van der Waals surface area contributed by atoms with Gasteiger partial charge in [-0.05, 0) is 19.8 Å². The van der Waals surface area contributed by atoms with E-state index in [2.05, 4.69) is 23.3 Å². The van der Waals surface area contributed by atoms with Crippen LogP contribution in [0.2, 0.25) is 0 Å². The topological polar surface area (TPSA) is 56.3 Å². The summed E-state index contributed by atoms with van der Waals surface area (Å²) in [7, 11) is 1.68. The Balaban J connectivity index is 1.97. The maximum atomic E-state index is 5.52. The van der Waals surface area contributed by atoms with E-state index in [0.29, 0.717) is 25.7 Å². The summed E-state index contributed by atoms with van der Waals surface area (Å²) >= 11 is 0. The van der Waals surface area contributed by atoms with Gasteiger partial charge in [-0.15, -0.1) is 0 Å². The molecule has 0 amide bonds. The summed E-state index contributed by atoms with van der Waals surface area (Å²) < 4.78 is 10.5. The lowest BCUT2D eigenvalue weighted by atomic mass is 10.0. The van der Waals surface area contributed by atoms with E-state index >= 15 is 0 Å². The van der Waals surface area contributed by atoms with Crippen molar-refractivity contribution in [1.29, 1.82) is 0 Å². The Morgan fingerprint density at radius 3 is 2.71 bits per heavy atom. The Labute approximate surface area is 127 Å². The Kier molecular flexibility index (Phi) is 6.89. The Bertz CT molecular complexity index is 420. The van der Waals surface area contributed by atoms with E-state index in [-0.39, 0.29) is 0 Å². The number of rotatable bonds is 9. The van der Waals surface area contributed by atoms with Crippen LogP contribution in [0.5, 0.6) is 0 Å². The molecule has 1 heterocycles. The molecule has 0 unspecified atom stereocenters. The van der Waals surface area contributed by atoms with Gasteiger partial charge in [0.25, 0.3) is 0 Å². The molecule has 0 spiro atoms. The molecule has 1 aliphatic carbocycles. The average molecular weight is 293 g/mol. The molecule has 0 aromatic carbocycles. The highest BCUT2D eigenvalue weighted by Crippen LogP contribution is 2.33. The van der Waals surface area contributed by atoms with Crippen molar-refractivity contribution in [1.82, 2.24) is 9.97 Å². The van der Waals surface area contributed by atoms with Crippen LogP contribution in [0, 0.1) is 0 Å². The summed E-state index contributed by atoms with van der Waals surface area (Å²) in [5.74, 6) is 2.44. The van der Waals surface area contributed by atoms with Crippen LogP contribution in [-0.4, -0.2) is 43.4 Å². The highest BCUT2D eigenvalue weighted by molar-refractivity contribution is 5.37. The molecule has 1 saturated carbocycles. The van der Waals surface area contributed by atoms with Crippen LogP contribution in [0.1, 0.15) is 50.0 Å². The van der Waals surface area contributed by atoms with Gasteiger partial charge in [0.05, 0.1) is 19.8 Å². The molecule has 5 heteroatoms. The first-order valence-corrected chi connectivity index (χ1v) is 8.02. The summed E-state index contributed by atoms with van der Waals surface area (Å²) in [6.07, 6.45) is 5.91. The minimum Gasteiger partial charge on any atom is -0.382 e. The minimum atomic E-state index is 0.610. The van der Waals surface area contributed by atoms with Crippen molar-refractivity contribution in [3.05, 3.63) is 17.6 Å². The molecule has 0 atom stereocenters. The normalized spacial score (nSPS) is 15.5. The lowest BCUT2D eigenvalue weighted by Crippen LogP contribution is -2.11. The predicted molar refractivity (Wildman–Crippen MR) is 83.8 cm³/mol. The van der Waals surface area contributed by atoms with E-state index in [9.17, 15) is 0 Å². The molecule has 118 valence electrons. The maximum absolute atomic E-state index is 5.52. The van der Waals surface area contributed by atoms with Gasteiger partial charge < -0.3 is 14.8 Å². The van der Waals surface area contributed by atoms with Gasteiger partial charge in [-0.2, -0.15) is 0 Å². The van der Waals surface area contributed by atoms with Crippen molar-refractivity contribution in [2.75, 3.05) is 38.8 Å². The van der Waals surface area contributed by atoms with Gasteiger partial charge in [-0.25, -0.2) is 9.97 Å². The molecule has 1 fully saturated rings.